The summed E-state index contributed by atoms with van der Waals surface area (Å²) in [6.45, 7) is 3.58. The fourth-order valence-corrected chi connectivity index (χ4v) is 5.94. The molecule has 116 valence electrons. The second-order valence-electron chi connectivity index (χ2n) is 6.67. The maximum Gasteiger partial charge on any atom is 0.215 e. The maximum atomic E-state index is 12.6. The van der Waals surface area contributed by atoms with Crippen LogP contribution in [0.1, 0.15) is 32.1 Å². The molecule has 1 N–H and O–H groups in total. The van der Waals surface area contributed by atoms with Gasteiger partial charge in [-0.25, -0.2) is 12.7 Å². The summed E-state index contributed by atoms with van der Waals surface area (Å²) in [5.41, 5.74) is 0. The van der Waals surface area contributed by atoms with Gasteiger partial charge in [-0.2, -0.15) is 0 Å². The lowest BCUT2D eigenvalue weighted by atomic mass is 9.85. The van der Waals surface area contributed by atoms with E-state index in [1.54, 1.807) is 4.31 Å². The molecule has 3 unspecified atom stereocenters. The second-order valence-corrected chi connectivity index (χ2v) is 8.68. The van der Waals surface area contributed by atoms with E-state index in [1.807, 2.05) is 0 Å². The number of piperidine rings is 2. The third-order valence-electron chi connectivity index (χ3n) is 5.28. The van der Waals surface area contributed by atoms with E-state index in [0.717, 1.165) is 32.4 Å². The van der Waals surface area contributed by atoms with Crippen LogP contribution in [-0.4, -0.2) is 68.7 Å². The summed E-state index contributed by atoms with van der Waals surface area (Å²) < 4.78 is 26.9. The van der Waals surface area contributed by atoms with E-state index in [1.165, 1.54) is 19.4 Å². The van der Waals surface area contributed by atoms with Gasteiger partial charge in [0.2, 0.25) is 10.0 Å². The molecule has 3 aliphatic heterocycles. The van der Waals surface area contributed by atoms with E-state index < -0.39 is 10.0 Å². The molecule has 3 heterocycles. The second kappa shape index (κ2) is 5.91. The molecule has 0 aromatic heterocycles. The van der Waals surface area contributed by atoms with E-state index in [4.69, 9.17) is 0 Å². The van der Waals surface area contributed by atoms with E-state index >= 15 is 0 Å². The van der Waals surface area contributed by atoms with Gasteiger partial charge in [-0.3, -0.25) is 0 Å². The van der Waals surface area contributed by atoms with Gasteiger partial charge in [0.15, 0.2) is 0 Å². The highest BCUT2D eigenvalue weighted by atomic mass is 32.2. The zero-order valence-electron chi connectivity index (χ0n) is 12.4. The SMILES string of the molecule is CN1CCCC2CN(S(=O)(=O)CC3CCCN3)CCC21. The smallest absolute Gasteiger partial charge is 0.215 e. The number of nitrogens with zero attached hydrogens (tertiary/aromatic N) is 2. The monoisotopic (exact) mass is 301 g/mol. The van der Waals surface area contributed by atoms with Crippen molar-refractivity contribution in [2.75, 3.05) is 39.0 Å². The van der Waals surface area contributed by atoms with Crippen molar-refractivity contribution < 1.29 is 8.42 Å². The molecule has 0 aromatic carbocycles. The zero-order valence-corrected chi connectivity index (χ0v) is 13.2. The Hall–Kier alpha value is -0.170. The normalized spacial score (nSPS) is 37.0. The minimum Gasteiger partial charge on any atom is -0.313 e. The molecular weight excluding hydrogens is 274 g/mol. The van der Waals surface area contributed by atoms with Crippen LogP contribution in [0.2, 0.25) is 0 Å². The summed E-state index contributed by atoms with van der Waals surface area (Å²) in [6, 6.07) is 0.770. The Balaban J connectivity index is 1.62. The number of nitrogens with one attached hydrogen (secondary N) is 1. The molecule has 0 aromatic rings. The fourth-order valence-electron chi connectivity index (χ4n) is 4.13. The van der Waals surface area contributed by atoms with Crippen LogP contribution in [0.3, 0.4) is 0 Å². The zero-order chi connectivity index (χ0) is 14.2. The van der Waals surface area contributed by atoms with Gasteiger partial charge in [0.1, 0.15) is 0 Å². The molecule has 5 nitrogen and oxygen atoms in total. The third-order valence-corrected chi connectivity index (χ3v) is 7.22. The predicted molar refractivity (Wildman–Crippen MR) is 80.1 cm³/mol. The summed E-state index contributed by atoms with van der Waals surface area (Å²) in [7, 11) is -0.899. The van der Waals surface area contributed by atoms with Crippen LogP contribution >= 0.6 is 0 Å². The van der Waals surface area contributed by atoms with Crippen LogP contribution in [0, 0.1) is 5.92 Å². The van der Waals surface area contributed by atoms with Gasteiger partial charge in [-0.15, -0.1) is 0 Å². The lowest BCUT2D eigenvalue weighted by molar-refractivity contribution is 0.0671. The van der Waals surface area contributed by atoms with Crippen LogP contribution in [-0.2, 0) is 10.0 Å². The number of hydrogen-bond acceptors (Lipinski definition) is 4. The van der Waals surface area contributed by atoms with Crippen molar-refractivity contribution in [1.82, 2.24) is 14.5 Å². The molecule has 0 bridgehead atoms. The topological polar surface area (TPSA) is 52.7 Å². The molecule has 6 heteroatoms. The lowest BCUT2D eigenvalue weighted by Crippen LogP contribution is -2.54. The average molecular weight is 301 g/mol. The molecule has 0 aliphatic carbocycles. The summed E-state index contributed by atoms with van der Waals surface area (Å²) in [6.07, 6.45) is 5.49. The summed E-state index contributed by atoms with van der Waals surface area (Å²) >= 11 is 0. The molecule has 0 spiro atoms. The quantitative estimate of drug-likeness (QED) is 0.824. The van der Waals surface area contributed by atoms with Crippen LogP contribution in [0.5, 0.6) is 0 Å². The number of hydrogen-bond donors (Lipinski definition) is 1. The van der Waals surface area contributed by atoms with Gasteiger partial charge < -0.3 is 10.2 Å². The van der Waals surface area contributed by atoms with E-state index in [2.05, 4.69) is 17.3 Å². The van der Waals surface area contributed by atoms with Gasteiger partial charge in [-0.05, 0) is 58.2 Å². The van der Waals surface area contributed by atoms with Crippen molar-refractivity contribution in [1.29, 1.82) is 0 Å². The molecule has 3 aliphatic rings. The van der Waals surface area contributed by atoms with E-state index in [-0.39, 0.29) is 6.04 Å². The Kier molecular flexibility index (Phi) is 4.36. The Morgan fingerprint density at radius 1 is 1.15 bits per heavy atom. The van der Waals surface area contributed by atoms with Crippen molar-refractivity contribution in [2.45, 2.75) is 44.2 Å². The molecular formula is C14H27N3O2S. The first-order valence-electron chi connectivity index (χ1n) is 7.98. The highest BCUT2D eigenvalue weighted by molar-refractivity contribution is 7.89. The van der Waals surface area contributed by atoms with Gasteiger partial charge in [0.05, 0.1) is 5.75 Å². The minimum atomic E-state index is -3.08. The van der Waals surface area contributed by atoms with Crippen LogP contribution < -0.4 is 5.32 Å². The standard InChI is InChI=1S/C14H27N3O2S/c1-16-8-3-4-12-10-17(9-6-14(12)16)20(18,19)11-13-5-2-7-15-13/h12-15H,2-11H2,1H3. The summed E-state index contributed by atoms with van der Waals surface area (Å²) in [5, 5.41) is 3.30. The summed E-state index contributed by atoms with van der Waals surface area (Å²) in [5.74, 6) is 0.828. The van der Waals surface area contributed by atoms with Crippen molar-refractivity contribution in [3.05, 3.63) is 0 Å². The largest absolute Gasteiger partial charge is 0.313 e. The maximum absolute atomic E-state index is 12.6. The van der Waals surface area contributed by atoms with Crippen LogP contribution in [0.15, 0.2) is 0 Å². The Bertz CT molecular complexity index is 434. The van der Waals surface area contributed by atoms with Crippen LogP contribution in [0.25, 0.3) is 0 Å². The van der Waals surface area contributed by atoms with E-state index in [0.29, 0.717) is 24.3 Å². The molecule has 20 heavy (non-hydrogen) atoms. The van der Waals surface area contributed by atoms with Crippen molar-refractivity contribution in [2.24, 2.45) is 5.92 Å². The Morgan fingerprint density at radius 3 is 2.75 bits per heavy atom. The van der Waals surface area contributed by atoms with E-state index in [9.17, 15) is 8.42 Å². The minimum absolute atomic E-state index is 0.173. The van der Waals surface area contributed by atoms with Gasteiger partial charge in [0, 0.05) is 25.2 Å². The first-order valence-corrected chi connectivity index (χ1v) is 9.58. The number of likely N-dealkylation sites (tertiary alicyclic amines) is 1. The van der Waals surface area contributed by atoms with Crippen molar-refractivity contribution >= 4 is 10.0 Å². The fraction of sp³-hybridized carbons (Fsp3) is 1.00. The predicted octanol–water partition coefficient (Wildman–Crippen LogP) is 0.484. The molecule has 0 saturated carbocycles. The molecule has 3 fully saturated rings. The Morgan fingerprint density at radius 2 is 2.00 bits per heavy atom. The van der Waals surface area contributed by atoms with Gasteiger partial charge in [-0.1, -0.05) is 0 Å². The summed E-state index contributed by atoms with van der Waals surface area (Å²) in [4.78, 5) is 2.43. The number of sulfonamides is 1. The average Bonchev–Trinajstić information content (AvgIpc) is 2.91. The number of rotatable bonds is 3. The van der Waals surface area contributed by atoms with Crippen molar-refractivity contribution in [3.8, 4) is 0 Å². The highest BCUT2D eigenvalue weighted by Crippen LogP contribution is 2.31. The first-order chi connectivity index (χ1) is 9.56. The molecule has 3 rings (SSSR count). The Labute approximate surface area is 122 Å². The van der Waals surface area contributed by atoms with Gasteiger partial charge in [0.25, 0.3) is 0 Å². The van der Waals surface area contributed by atoms with Crippen LogP contribution in [0.4, 0.5) is 0 Å². The first kappa shape index (κ1) is 14.8. The molecule has 3 atom stereocenters. The third kappa shape index (κ3) is 3.03. The molecule has 3 saturated heterocycles. The molecule has 0 radical (unpaired) electrons. The number of fused-ring (bicyclic) bond motifs is 1. The van der Waals surface area contributed by atoms with Crippen molar-refractivity contribution in [3.63, 3.8) is 0 Å². The lowest BCUT2D eigenvalue weighted by Gasteiger charge is -2.45. The van der Waals surface area contributed by atoms with Gasteiger partial charge >= 0.3 is 0 Å². The molecule has 0 amide bonds. The highest BCUT2D eigenvalue weighted by Gasteiger charge is 2.38.